The third kappa shape index (κ3) is 4.07. The lowest BCUT2D eigenvalue weighted by Crippen LogP contribution is -2.24. The maximum Gasteiger partial charge on any atom is 0.340 e. The highest BCUT2D eigenvalue weighted by atomic mass is 79.9. The maximum atomic E-state index is 13.5. The van der Waals surface area contributed by atoms with Gasteiger partial charge in [0.2, 0.25) is 0 Å². The molecule has 0 saturated carbocycles. The first kappa shape index (κ1) is 22.8. The van der Waals surface area contributed by atoms with Gasteiger partial charge in [0, 0.05) is 32.9 Å². The minimum atomic E-state index is -0.525. The lowest BCUT2D eigenvalue weighted by Gasteiger charge is -2.18. The Morgan fingerprint density at radius 1 is 0.970 bits per heavy atom. The van der Waals surface area contributed by atoms with Gasteiger partial charge in [-0.3, -0.25) is 9.69 Å². The molecule has 1 aliphatic rings. The van der Waals surface area contributed by atoms with Gasteiger partial charge in [0.25, 0.3) is 5.91 Å². The number of halogens is 1. The third-order valence-corrected chi connectivity index (χ3v) is 6.41. The molecule has 1 aromatic heterocycles. The molecule has 0 saturated heterocycles. The molecule has 4 rings (SSSR count). The van der Waals surface area contributed by atoms with Crippen LogP contribution in [0.5, 0.6) is 0 Å². The van der Waals surface area contributed by atoms with Gasteiger partial charge in [-0.15, -0.1) is 0 Å². The molecule has 1 amide bonds. The summed E-state index contributed by atoms with van der Waals surface area (Å²) in [6.45, 7) is 7.79. The fraction of sp³-hybridized carbons (Fsp3) is 0.185. The molecule has 0 fully saturated rings. The van der Waals surface area contributed by atoms with Gasteiger partial charge >= 0.3 is 5.97 Å². The molecule has 168 valence electrons. The zero-order chi connectivity index (χ0) is 23.9. The molecule has 5 nitrogen and oxygen atoms in total. The molecule has 0 bridgehead atoms. The highest BCUT2D eigenvalue weighted by Crippen LogP contribution is 2.36. The van der Waals surface area contributed by atoms with E-state index in [-0.39, 0.29) is 11.5 Å². The number of carbonyl (C=O) groups is 2. The molecule has 0 radical (unpaired) electrons. The molecule has 33 heavy (non-hydrogen) atoms. The Hall–Kier alpha value is -3.38. The Morgan fingerprint density at radius 3 is 2.30 bits per heavy atom. The van der Waals surface area contributed by atoms with E-state index in [4.69, 9.17) is 4.74 Å². The number of nitrogens with zero attached hydrogens (tertiary/aromatic N) is 2. The molecular weight excluding hydrogens is 480 g/mol. The Balaban J connectivity index is 1.85. The van der Waals surface area contributed by atoms with Crippen molar-refractivity contribution in [2.24, 2.45) is 0 Å². The number of methoxy groups -OCH3 is 1. The zero-order valence-corrected chi connectivity index (χ0v) is 20.9. The van der Waals surface area contributed by atoms with Crippen molar-refractivity contribution in [3.05, 3.63) is 98.4 Å². The number of amides is 1. The summed E-state index contributed by atoms with van der Waals surface area (Å²) in [5.41, 5.74) is 6.87. The summed E-state index contributed by atoms with van der Waals surface area (Å²) in [6, 6.07) is 17.7. The predicted molar refractivity (Wildman–Crippen MR) is 134 cm³/mol. The van der Waals surface area contributed by atoms with Gasteiger partial charge in [-0.1, -0.05) is 39.7 Å². The standard InChI is InChI=1S/C27H25BrN2O3/c1-16-9-11-22(12-10-16)30-19(4)25(27(32)33-5)24(26(30)31)14-20-13-17(2)29(18(20)3)23-8-6-7-21(28)15-23/h6-15H,1-5H3/b24-14-. The van der Waals surface area contributed by atoms with Crippen molar-refractivity contribution >= 4 is 39.6 Å². The molecule has 2 heterocycles. The van der Waals surface area contributed by atoms with Crippen LogP contribution in [0.15, 0.2) is 75.9 Å². The number of ether oxygens (including phenoxy) is 1. The van der Waals surface area contributed by atoms with Crippen LogP contribution in [0.3, 0.4) is 0 Å². The summed E-state index contributed by atoms with van der Waals surface area (Å²) in [5.74, 6) is -0.772. The van der Waals surface area contributed by atoms with Gasteiger partial charge in [0.1, 0.15) is 0 Å². The van der Waals surface area contributed by atoms with E-state index < -0.39 is 5.97 Å². The molecule has 0 atom stereocenters. The van der Waals surface area contributed by atoms with E-state index in [2.05, 4.69) is 20.5 Å². The smallest absolute Gasteiger partial charge is 0.340 e. The molecule has 3 aromatic rings. The third-order valence-electron chi connectivity index (χ3n) is 5.92. The Morgan fingerprint density at radius 2 is 1.67 bits per heavy atom. The summed E-state index contributed by atoms with van der Waals surface area (Å²) in [6.07, 6.45) is 1.79. The lowest BCUT2D eigenvalue weighted by molar-refractivity contribution is -0.136. The number of rotatable bonds is 4. The van der Waals surface area contributed by atoms with E-state index >= 15 is 0 Å². The summed E-state index contributed by atoms with van der Waals surface area (Å²) in [5, 5.41) is 0. The van der Waals surface area contributed by atoms with E-state index in [9.17, 15) is 9.59 Å². The van der Waals surface area contributed by atoms with Crippen LogP contribution in [0.25, 0.3) is 11.8 Å². The minimum absolute atomic E-state index is 0.246. The quantitative estimate of drug-likeness (QED) is 0.321. The Labute approximate surface area is 202 Å². The average molecular weight is 505 g/mol. The van der Waals surface area contributed by atoms with E-state index in [0.29, 0.717) is 17.0 Å². The number of hydrogen-bond donors (Lipinski definition) is 0. The fourth-order valence-corrected chi connectivity index (χ4v) is 4.67. The van der Waals surface area contributed by atoms with Gasteiger partial charge in [0.05, 0.1) is 18.3 Å². The summed E-state index contributed by atoms with van der Waals surface area (Å²) in [7, 11) is 1.33. The van der Waals surface area contributed by atoms with E-state index in [1.54, 1.807) is 17.9 Å². The van der Waals surface area contributed by atoms with Crippen LogP contribution in [0.2, 0.25) is 0 Å². The normalized spacial score (nSPS) is 15.0. The van der Waals surface area contributed by atoms with Crippen LogP contribution in [0, 0.1) is 20.8 Å². The van der Waals surface area contributed by atoms with Crippen molar-refractivity contribution in [3.8, 4) is 5.69 Å². The van der Waals surface area contributed by atoms with Crippen LogP contribution >= 0.6 is 15.9 Å². The predicted octanol–water partition coefficient (Wildman–Crippen LogP) is 6.04. The first-order valence-corrected chi connectivity index (χ1v) is 11.4. The topological polar surface area (TPSA) is 51.5 Å². The van der Waals surface area contributed by atoms with Gasteiger partial charge < -0.3 is 9.30 Å². The Bertz CT molecular complexity index is 1330. The maximum absolute atomic E-state index is 13.5. The van der Waals surface area contributed by atoms with Gasteiger partial charge in [0.15, 0.2) is 0 Å². The number of aryl methyl sites for hydroxylation is 2. The number of aromatic nitrogens is 1. The first-order chi connectivity index (χ1) is 15.7. The van der Waals surface area contributed by atoms with Crippen molar-refractivity contribution in [1.82, 2.24) is 4.57 Å². The van der Waals surface area contributed by atoms with Crippen LogP contribution in [0.1, 0.15) is 29.4 Å². The van der Waals surface area contributed by atoms with Crippen LogP contribution in [0.4, 0.5) is 5.69 Å². The molecule has 0 N–H and O–H groups in total. The van der Waals surface area contributed by atoms with Crippen molar-refractivity contribution in [2.75, 3.05) is 12.0 Å². The SMILES string of the molecule is COC(=O)C1=C(C)N(c2ccc(C)cc2)C(=O)/C1=C\c1cc(C)n(-c2cccc(Br)c2)c1C. The number of esters is 1. The van der Waals surface area contributed by atoms with Crippen molar-refractivity contribution in [2.45, 2.75) is 27.7 Å². The van der Waals surface area contributed by atoms with Crippen LogP contribution in [-0.4, -0.2) is 23.6 Å². The van der Waals surface area contributed by atoms with Crippen molar-refractivity contribution in [1.29, 1.82) is 0 Å². The minimum Gasteiger partial charge on any atom is -0.465 e. The molecule has 1 aliphatic heterocycles. The second-order valence-electron chi connectivity index (χ2n) is 8.13. The molecule has 6 heteroatoms. The van der Waals surface area contributed by atoms with E-state index in [1.807, 2.05) is 75.4 Å². The Kier molecular flexibility index (Phi) is 6.13. The number of anilines is 1. The highest BCUT2D eigenvalue weighted by Gasteiger charge is 2.38. The number of hydrogen-bond acceptors (Lipinski definition) is 3. The second kappa shape index (κ2) is 8.87. The first-order valence-electron chi connectivity index (χ1n) is 10.6. The number of benzene rings is 2. The molecule has 0 unspecified atom stereocenters. The van der Waals surface area contributed by atoms with E-state index in [1.165, 1.54) is 7.11 Å². The van der Waals surface area contributed by atoms with E-state index in [0.717, 1.165) is 32.7 Å². The number of allylic oxidation sites excluding steroid dienone is 1. The van der Waals surface area contributed by atoms with Crippen molar-refractivity contribution in [3.63, 3.8) is 0 Å². The molecular formula is C27H25BrN2O3. The summed E-state index contributed by atoms with van der Waals surface area (Å²) < 4.78 is 8.15. The van der Waals surface area contributed by atoms with Crippen LogP contribution in [-0.2, 0) is 14.3 Å². The molecule has 2 aromatic carbocycles. The highest BCUT2D eigenvalue weighted by molar-refractivity contribution is 9.10. The summed E-state index contributed by atoms with van der Waals surface area (Å²) in [4.78, 5) is 27.8. The molecule has 0 aliphatic carbocycles. The largest absolute Gasteiger partial charge is 0.465 e. The summed E-state index contributed by atoms with van der Waals surface area (Å²) >= 11 is 3.53. The lowest BCUT2D eigenvalue weighted by atomic mass is 10.0. The average Bonchev–Trinajstić information content (AvgIpc) is 3.20. The van der Waals surface area contributed by atoms with Crippen molar-refractivity contribution < 1.29 is 14.3 Å². The van der Waals surface area contributed by atoms with Crippen LogP contribution < -0.4 is 4.90 Å². The second-order valence-corrected chi connectivity index (χ2v) is 9.04. The van der Waals surface area contributed by atoms with Gasteiger partial charge in [-0.05, 0) is 75.7 Å². The zero-order valence-electron chi connectivity index (χ0n) is 19.3. The monoisotopic (exact) mass is 504 g/mol. The molecule has 0 spiro atoms. The van der Waals surface area contributed by atoms with Gasteiger partial charge in [-0.2, -0.15) is 0 Å². The number of carbonyl (C=O) groups excluding carboxylic acids is 2. The van der Waals surface area contributed by atoms with Gasteiger partial charge in [-0.25, -0.2) is 4.79 Å². The fourth-order valence-electron chi connectivity index (χ4n) is 4.29.